The van der Waals surface area contributed by atoms with Gasteiger partial charge in [-0.3, -0.25) is 4.79 Å². The van der Waals surface area contributed by atoms with Crippen molar-refractivity contribution in [3.8, 4) is 0 Å². The van der Waals surface area contributed by atoms with Crippen LogP contribution in [0.25, 0.3) is 11.0 Å². The average molecular weight is 481 g/mol. The molecule has 2 aromatic carbocycles. The van der Waals surface area contributed by atoms with Crippen LogP contribution >= 0.6 is 15.9 Å². The number of rotatable bonds is 3. The zero-order chi connectivity index (χ0) is 20.8. The van der Waals surface area contributed by atoms with Crippen molar-refractivity contribution in [1.82, 2.24) is 9.21 Å². The van der Waals surface area contributed by atoms with Crippen molar-refractivity contribution in [3.05, 3.63) is 64.1 Å². The van der Waals surface area contributed by atoms with E-state index in [0.717, 1.165) is 21.5 Å². The highest BCUT2D eigenvalue weighted by Gasteiger charge is 2.33. The Kier molecular flexibility index (Phi) is 5.22. The van der Waals surface area contributed by atoms with E-state index in [-0.39, 0.29) is 42.7 Å². The Bertz CT molecular complexity index is 1200. The molecule has 0 N–H and O–H groups in total. The number of hydrogen-bond donors (Lipinski definition) is 0. The van der Waals surface area contributed by atoms with Crippen molar-refractivity contribution >= 4 is 42.8 Å². The molecule has 0 spiro atoms. The second-order valence-corrected chi connectivity index (χ2v) is 9.65. The van der Waals surface area contributed by atoms with Crippen LogP contribution in [-0.2, 0) is 10.0 Å². The van der Waals surface area contributed by atoms with Crippen molar-refractivity contribution in [1.29, 1.82) is 0 Å². The summed E-state index contributed by atoms with van der Waals surface area (Å²) in [5, 5.41) is 0.850. The van der Waals surface area contributed by atoms with Crippen molar-refractivity contribution in [2.24, 2.45) is 0 Å². The third kappa shape index (κ3) is 3.58. The number of sulfonamides is 1. The van der Waals surface area contributed by atoms with Crippen molar-refractivity contribution in [2.75, 3.05) is 26.2 Å². The molecule has 1 amide bonds. The van der Waals surface area contributed by atoms with Gasteiger partial charge in [0, 0.05) is 41.6 Å². The van der Waals surface area contributed by atoms with Crippen LogP contribution in [0.4, 0.5) is 4.39 Å². The van der Waals surface area contributed by atoms with Gasteiger partial charge in [0.05, 0.1) is 0 Å². The molecule has 1 aliphatic rings. The summed E-state index contributed by atoms with van der Waals surface area (Å²) in [4.78, 5) is 14.2. The Morgan fingerprint density at radius 2 is 1.79 bits per heavy atom. The van der Waals surface area contributed by atoms with E-state index in [9.17, 15) is 17.6 Å². The number of nitrogens with zero attached hydrogens (tertiary/aromatic N) is 2. The fraction of sp³-hybridized carbons (Fsp3) is 0.250. The van der Waals surface area contributed by atoms with Gasteiger partial charge in [0.1, 0.15) is 16.3 Å². The first kappa shape index (κ1) is 20.1. The summed E-state index contributed by atoms with van der Waals surface area (Å²) < 4.78 is 47.2. The molecular formula is C20H18BrFN2O4S. The number of fused-ring (bicyclic) bond motifs is 1. The third-order valence-electron chi connectivity index (χ3n) is 5.07. The summed E-state index contributed by atoms with van der Waals surface area (Å²) in [6.07, 6.45) is 0. The number of carbonyl (C=O) groups is 1. The highest BCUT2D eigenvalue weighted by atomic mass is 79.9. The summed E-state index contributed by atoms with van der Waals surface area (Å²) in [7, 11) is -3.95. The Hall–Kier alpha value is -2.23. The molecule has 0 atom stereocenters. The Balaban J connectivity index is 1.52. The van der Waals surface area contributed by atoms with E-state index in [2.05, 4.69) is 15.9 Å². The SMILES string of the molecule is Cc1c(C(=O)N2CCN(S(=O)(=O)c3ccccc3F)CC2)oc2ccc(Br)cc12. The number of benzene rings is 2. The zero-order valence-electron chi connectivity index (χ0n) is 15.6. The van der Waals surface area contributed by atoms with E-state index in [1.54, 1.807) is 11.0 Å². The van der Waals surface area contributed by atoms with Crippen LogP contribution in [0.5, 0.6) is 0 Å². The molecule has 1 fully saturated rings. The maximum atomic E-state index is 14.0. The topological polar surface area (TPSA) is 70.8 Å². The van der Waals surface area contributed by atoms with Gasteiger partial charge < -0.3 is 9.32 Å². The molecular weight excluding hydrogens is 463 g/mol. The van der Waals surface area contributed by atoms with E-state index in [1.165, 1.54) is 22.5 Å². The van der Waals surface area contributed by atoms with Gasteiger partial charge in [-0.15, -0.1) is 0 Å². The molecule has 4 rings (SSSR count). The minimum Gasteiger partial charge on any atom is -0.451 e. The fourth-order valence-corrected chi connectivity index (χ4v) is 5.31. The van der Waals surface area contributed by atoms with Gasteiger partial charge in [-0.1, -0.05) is 28.1 Å². The summed E-state index contributed by atoms with van der Waals surface area (Å²) in [5.74, 6) is -0.809. The molecule has 0 radical (unpaired) electrons. The Morgan fingerprint density at radius 1 is 1.10 bits per heavy atom. The number of amides is 1. The smallest absolute Gasteiger partial charge is 0.289 e. The highest BCUT2D eigenvalue weighted by Crippen LogP contribution is 2.29. The first-order valence-corrected chi connectivity index (χ1v) is 11.2. The van der Waals surface area contributed by atoms with Gasteiger partial charge in [-0.2, -0.15) is 4.31 Å². The van der Waals surface area contributed by atoms with Crippen LogP contribution < -0.4 is 0 Å². The minimum absolute atomic E-state index is 0.0905. The second kappa shape index (κ2) is 7.55. The zero-order valence-corrected chi connectivity index (χ0v) is 18.0. The lowest BCUT2D eigenvalue weighted by Crippen LogP contribution is -2.50. The summed E-state index contributed by atoms with van der Waals surface area (Å²) in [6.45, 7) is 2.41. The predicted molar refractivity (Wildman–Crippen MR) is 110 cm³/mol. The average Bonchev–Trinajstić information content (AvgIpc) is 3.04. The number of piperazine rings is 1. The maximum absolute atomic E-state index is 14.0. The van der Waals surface area contributed by atoms with Crippen molar-refractivity contribution < 1.29 is 22.0 Å². The van der Waals surface area contributed by atoms with E-state index < -0.39 is 15.8 Å². The lowest BCUT2D eigenvalue weighted by Gasteiger charge is -2.33. The molecule has 1 aliphatic heterocycles. The Morgan fingerprint density at radius 3 is 2.48 bits per heavy atom. The minimum atomic E-state index is -3.95. The van der Waals surface area contributed by atoms with E-state index in [0.29, 0.717) is 5.58 Å². The number of halogens is 2. The van der Waals surface area contributed by atoms with Gasteiger partial charge in [0.2, 0.25) is 10.0 Å². The van der Waals surface area contributed by atoms with E-state index in [4.69, 9.17) is 4.42 Å². The van der Waals surface area contributed by atoms with E-state index >= 15 is 0 Å². The lowest BCUT2D eigenvalue weighted by molar-refractivity contribution is 0.0667. The first-order valence-electron chi connectivity index (χ1n) is 9.01. The molecule has 0 bridgehead atoms. The lowest BCUT2D eigenvalue weighted by atomic mass is 10.1. The van der Waals surface area contributed by atoms with Gasteiger partial charge in [-0.25, -0.2) is 12.8 Å². The van der Waals surface area contributed by atoms with Crippen LogP contribution in [0.3, 0.4) is 0 Å². The predicted octanol–water partition coefficient (Wildman–Crippen LogP) is 3.79. The summed E-state index contributed by atoms with van der Waals surface area (Å²) in [5.41, 5.74) is 1.36. The molecule has 2 heterocycles. The Labute approximate surface area is 176 Å². The number of hydrogen-bond acceptors (Lipinski definition) is 4. The summed E-state index contributed by atoms with van der Waals surface area (Å²) in [6, 6.07) is 10.8. The monoisotopic (exact) mass is 480 g/mol. The quantitative estimate of drug-likeness (QED) is 0.571. The molecule has 0 aliphatic carbocycles. The summed E-state index contributed by atoms with van der Waals surface area (Å²) >= 11 is 3.41. The molecule has 29 heavy (non-hydrogen) atoms. The van der Waals surface area contributed by atoms with Crippen LogP contribution in [0.2, 0.25) is 0 Å². The molecule has 1 aromatic heterocycles. The number of carbonyl (C=O) groups excluding carboxylic acids is 1. The largest absolute Gasteiger partial charge is 0.451 e. The molecule has 0 saturated carbocycles. The molecule has 6 nitrogen and oxygen atoms in total. The molecule has 1 saturated heterocycles. The number of aryl methyl sites for hydroxylation is 1. The van der Waals surface area contributed by atoms with Gasteiger partial charge >= 0.3 is 0 Å². The van der Waals surface area contributed by atoms with Gasteiger partial charge in [0.15, 0.2) is 5.76 Å². The standard InChI is InChI=1S/C20H18BrFN2O4S/c1-13-15-12-14(21)6-7-17(15)28-19(13)20(25)23-8-10-24(11-9-23)29(26,27)18-5-3-2-4-16(18)22/h2-7,12H,8-11H2,1H3. The third-order valence-corrected chi connectivity index (χ3v) is 7.50. The molecule has 9 heteroatoms. The van der Waals surface area contributed by atoms with Crippen molar-refractivity contribution in [3.63, 3.8) is 0 Å². The highest BCUT2D eigenvalue weighted by molar-refractivity contribution is 9.10. The fourth-order valence-electron chi connectivity index (χ4n) is 3.47. The van der Waals surface area contributed by atoms with Crippen LogP contribution in [0.1, 0.15) is 16.1 Å². The van der Waals surface area contributed by atoms with Crippen LogP contribution in [0, 0.1) is 12.7 Å². The van der Waals surface area contributed by atoms with E-state index in [1.807, 2.05) is 19.1 Å². The normalized spacial score (nSPS) is 15.8. The molecule has 3 aromatic rings. The first-order chi connectivity index (χ1) is 13.8. The second-order valence-electron chi connectivity index (χ2n) is 6.82. The molecule has 152 valence electrons. The van der Waals surface area contributed by atoms with Gasteiger partial charge in [0.25, 0.3) is 5.91 Å². The maximum Gasteiger partial charge on any atom is 0.289 e. The van der Waals surface area contributed by atoms with Crippen LogP contribution in [-0.4, -0.2) is 49.7 Å². The van der Waals surface area contributed by atoms with Crippen molar-refractivity contribution in [2.45, 2.75) is 11.8 Å². The van der Waals surface area contributed by atoms with Crippen LogP contribution in [0.15, 0.2) is 56.2 Å². The van der Waals surface area contributed by atoms with Gasteiger partial charge in [-0.05, 0) is 37.3 Å². The molecule has 0 unspecified atom stereocenters. The number of furan rings is 1.